The molecule has 6 N–H and O–H groups in total. The second-order valence-electron chi connectivity index (χ2n) is 2.65. The van der Waals surface area contributed by atoms with Gasteiger partial charge in [-0.2, -0.15) is 0 Å². The van der Waals surface area contributed by atoms with Crippen molar-refractivity contribution in [3.63, 3.8) is 0 Å². The lowest BCUT2D eigenvalue weighted by Crippen LogP contribution is -1.86. The molecule has 0 heterocycles. The van der Waals surface area contributed by atoms with Gasteiger partial charge in [0.2, 0.25) is 0 Å². The molecule has 0 aliphatic heterocycles. The molecule has 1 aromatic rings. The van der Waals surface area contributed by atoms with Gasteiger partial charge < -0.3 is 12.3 Å². The van der Waals surface area contributed by atoms with Crippen LogP contribution in [0.1, 0.15) is 5.56 Å². The molecule has 0 unspecified atom stereocenters. The van der Waals surface area contributed by atoms with E-state index in [0.29, 0.717) is 0 Å². The van der Waals surface area contributed by atoms with Crippen molar-refractivity contribution in [2.45, 2.75) is 21.6 Å². The average Bonchev–Trinajstić information content (AvgIpc) is 2.17. The van der Waals surface area contributed by atoms with Crippen LogP contribution in [0, 0.1) is 6.92 Å². The number of hydrogen-bond donors (Lipinski definition) is 2. The van der Waals surface area contributed by atoms with Crippen molar-refractivity contribution >= 4 is 35.3 Å². The number of hydrogen-bond acceptors (Lipinski definition) is 5. The molecular weight excluding hydrogens is 244 g/mol. The molecule has 0 atom stereocenters. The summed E-state index contributed by atoms with van der Waals surface area (Å²) in [5, 5.41) is 0. The van der Waals surface area contributed by atoms with Gasteiger partial charge in [-0.25, -0.2) is 0 Å². The van der Waals surface area contributed by atoms with Crippen LogP contribution in [-0.2, 0) is 0 Å². The normalized spacial score (nSPS) is 9.07. The highest BCUT2D eigenvalue weighted by Crippen LogP contribution is 2.37. The molecule has 0 fully saturated rings. The Morgan fingerprint density at radius 3 is 1.73 bits per heavy atom. The maximum atomic E-state index is 2.21. The molecule has 1 aromatic carbocycles. The number of rotatable bonds is 3. The molecule has 0 saturated carbocycles. The summed E-state index contributed by atoms with van der Waals surface area (Å²) in [4.78, 5) is 4.25. The summed E-state index contributed by atoms with van der Waals surface area (Å²) in [6.07, 6.45) is 6.43. The molecule has 0 saturated heterocycles. The van der Waals surface area contributed by atoms with Gasteiger partial charge in [-0.05, 0) is 37.3 Å². The Kier molecular flexibility index (Phi) is 9.79. The van der Waals surface area contributed by atoms with Crippen molar-refractivity contribution in [1.82, 2.24) is 12.3 Å². The largest absolute Gasteiger partial charge is 0.344 e. The van der Waals surface area contributed by atoms with E-state index in [-0.39, 0.29) is 12.3 Å². The third-order valence-electron chi connectivity index (χ3n) is 1.90. The Bertz CT molecular complexity index is 303. The summed E-state index contributed by atoms with van der Waals surface area (Å²) in [6, 6.07) is 4.42. The lowest BCUT2D eigenvalue weighted by molar-refractivity contribution is 1.08. The van der Waals surface area contributed by atoms with Gasteiger partial charge in [-0.3, -0.25) is 0 Å². The molecule has 88 valence electrons. The minimum Gasteiger partial charge on any atom is -0.344 e. The minimum absolute atomic E-state index is 0. The van der Waals surface area contributed by atoms with Crippen molar-refractivity contribution in [2.75, 3.05) is 18.8 Å². The third kappa shape index (κ3) is 3.92. The van der Waals surface area contributed by atoms with E-state index < -0.39 is 0 Å². The fraction of sp³-hybridized carbons (Fsp3) is 0.400. The fourth-order valence-corrected chi connectivity index (χ4v) is 4.11. The van der Waals surface area contributed by atoms with Crippen LogP contribution in [0.2, 0.25) is 0 Å². The van der Waals surface area contributed by atoms with Gasteiger partial charge in [0.15, 0.2) is 0 Å². The summed E-state index contributed by atoms with van der Waals surface area (Å²) < 4.78 is 0. The molecule has 0 aliphatic rings. The molecule has 0 bridgehead atoms. The monoisotopic (exact) mass is 264 g/mol. The maximum absolute atomic E-state index is 2.21. The van der Waals surface area contributed by atoms with E-state index in [9.17, 15) is 0 Å². The van der Waals surface area contributed by atoms with Crippen molar-refractivity contribution in [1.29, 1.82) is 0 Å². The van der Waals surface area contributed by atoms with Gasteiger partial charge in [0, 0.05) is 14.7 Å². The van der Waals surface area contributed by atoms with E-state index in [1.54, 1.807) is 0 Å². The van der Waals surface area contributed by atoms with E-state index in [4.69, 9.17) is 0 Å². The quantitative estimate of drug-likeness (QED) is 0.787. The summed E-state index contributed by atoms with van der Waals surface area (Å²) in [6.45, 7) is 2.18. The van der Waals surface area contributed by atoms with Crippen LogP contribution in [0.25, 0.3) is 0 Å². The second kappa shape index (κ2) is 8.35. The molecule has 1 rings (SSSR count). The zero-order valence-corrected chi connectivity index (χ0v) is 12.2. The highest BCUT2D eigenvalue weighted by Gasteiger charge is 2.08. The number of aryl methyl sites for hydroxylation is 1. The Balaban J connectivity index is 0. The van der Waals surface area contributed by atoms with Crippen LogP contribution in [0.5, 0.6) is 0 Å². The van der Waals surface area contributed by atoms with E-state index in [1.165, 1.54) is 20.2 Å². The van der Waals surface area contributed by atoms with E-state index in [1.807, 2.05) is 35.3 Å². The lowest BCUT2D eigenvalue weighted by atomic mass is 10.2. The molecule has 15 heavy (non-hydrogen) atoms. The molecule has 0 radical (unpaired) electrons. The Labute approximate surface area is 106 Å². The van der Waals surface area contributed by atoms with Gasteiger partial charge in [0.25, 0.3) is 0 Å². The molecule has 0 aromatic heterocycles. The summed E-state index contributed by atoms with van der Waals surface area (Å²) in [5.74, 6) is 0. The fourth-order valence-electron chi connectivity index (χ4n) is 1.25. The summed E-state index contributed by atoms with van der Waals surface area (Å²) >= 11 is 5.51. The molecule has 0 amide bonds. The van der Waals surface area contributed by atoms with Crippen LogP contribution >= 0.6 is 35.3 Å². The topological polar surface area (TPSA) is 70.0 Å². The van der Waals surface area contributed by atoms with Gasteiger partial charge in [-0.15, -0.1) is 35.3 Å². The summed E-state index contributed by atoms with van der Waals surface area (Å²) in [7, 11) is 0. The van der Waals surface area contributed by atoms with Crippen molar-refractivity contribution in [3.8, 4) is 0 Å². The Hall–Kier alpha value is 0.190. The molecule has 2 nitrogen and oxygen atoms in total. The molecule has 0 spiro atoms. The SMILES string of the molecule is CSc1ccc(C)c(SC)c1SC.N.N. The van der Waals surface area contributed by atoms with Crippen molar-refractivity contribution in [3.05, 3.63) is 17.7 Å². The van der Waals surface area contributed by atoms with Crippen molar-refractivity contribution in [2.24, 2.45) is 0 Å². The van der Waals surface area contributed by atoms with E-state index in [0.717, 1.165) is 0 Å². The predicted molar refractivity (Wildman–Crippen MR) is 76.6 cm³/mol. The number of benzene rings is 1. The second-order valence-corrected chi connectivity index (χ2v) is 5.13. The van der Waals surface area contributed by atoms with Crippen molar-refractivity contribution < 1.29 is 0 Å². The third-order valence-corrected chi connectivity index (χ3v) is 4.71. The highest BCUT2D eigenvalue weighted by molar-refractivity contribution is 8.03. The molecular formula is C10H20N2S3. The van der Waals surface area contributed by atoms with Gasteiger partial charge in [0.05, 0.1) is 0 Å². The first-order chi connectivity index (χ1) is 6.24. The lowest BCUT2D eigenvalue weighted by Gasteiger charge is -2.11. The predicted octanol–water partition coefficient (Wildman–Crippen LogP) is 4.48. The Morgan fingerprint density at radius 1 is 0.800 bits per heavy atom. The first-order valence-electron chi connectivity index (χ1n) is 4.00. The minimum atomic E-state index is 0. The Morgan fingerprint density at radius 2 is 1.33 bits per heavy atom. The maximum Gasteiger partial charge on any atom is 0.0344 e. The van der Waals surface area contributed by atoms with E-state index in [2.05, 4.69) is 37.8 Å². The summed E-state index contributed by atoms with van der Waals surface area (Å²) in [5.41, 5.74) is 1.38. The smallest absolute Gasteiger partial charge is 0.0344 e. The van der Waals surface area contributed by atoms with Gasteiger partial charge >= 0.3 is 0 Å². The molecule has 0 aliphatic carbocycles. The standard InChI is InChI=1S/C10H14S3.2H3N/c1-7-5-6-8(11-2)10(13-4)9(7)12-3;;/h5-6H,1-4H3;2*1H3. The van der Waals surface area contributed by atoms with Crippen LogP contribution in [0.15, 0.2) is 26.8 Å². The van der Waals surface area contributed by atoms with Crippen LogP contribution in [-0.4, -0.2) is 18.8 Å². The number of thioether (sulfide) groups is 3. The van der Waals surface area contributed by atoms with Gasteiger partial charge in [0.1, 0.15) is 0 Å². The van der Waals surface area contributed by atoms with Crippen LogP contribution in [0.3, 0.4) is 0 Å². The van der Waals surface area contributed by atoms with Gasteiger partial charge in [-0.1, -0.05) is 6.07 Å². The van der Waals surface area contributed by atoms with Crippen LogP contribution < -0.4 is 12.3 Å². The highest BCUT2D eigenvalue weighted by atomic mass is 32.2. The zero-order valence-electron chi connectivity index (χ0n) is 9.79. The first kappa shape index (κ1) is 17.6. The van der Waals surface area contributed by atoms with E-state index >= 15 is 0 Å². The first-order valence-corrected chi connectivity index (χ1v) is 7.67. The zero-order chi connectivity index (χ0) is 9.84. The van der Waals surface area contributed by atoms with Crippen LogP contribution in [0.4, 0.5) is 0 Å². The average molecular weight is 264 g/mol. The molecule has 5 heteroatoms.